The summed E-state index contributed by atoms with van der Waals surface area (Å²) in [6, 6.07) is 4.77. The molecule has 8 heteroatoms. The van der Waals surface area contributed by atoms with Gasteiger partial charge in [0.05, 0.1) is 16.9 Å². The number of ether oxygens (including phenoxy) is 1. The molecule has 98 valence electrons. The zero-order valence-corrected chi connectivity index (χ0v) is 11.4. The van der Waals surface area contributed by atoms with Crippen molar-refractivity contribution in [3.8, 4) is 5.75 Å². The predicted octanol–water partition coefficient (Wildman–Crippen LogP) is 2.39. The Morgan fingerprint density at radius 2 is 2.00 bits per heavy atom. The average molecular weight is 323 g/mol. The monoisotopic (exact) mass is 322 g/mol. The van der Waals surface area contributed by atoms with Gasteiger partial charge in [-0.1, -0.05) is 23.2 Å². The van der Waals surface area contributed by atoms with Crippen LogP contribution in [0.2, 0.25) is 10.0 Å². The molecule has 1 N–H and O–H groups in total. The van der Waals surface area contributed by atoms with Crippen molar-refractivity contribution in [3.05, 3.63) is 28.2 Å². The molecular formula is C10H13Cl2NaO4S. The first-order chi connectivity index (χ1) is 7.78. The molecule has 0 radical (unpaired) electrons. The Morgan fingerprint density at radius 3 is 2.56 bits per heavy atom. The van der Waals surface area contributed by atoms with E-state index >= 15 is 0 Å². The summed E-state index contributed by atoms with van der Waals surface area (Å²) in [6.45, 7) is 1.68. The molecule has 0 saturated heterocycles. The van der Waals surface area contributed by atoms with Crippen LogP contribution in [-0.4, -0.2) is 54.4 Å². The first kappa shape index (κ1) is 18.5. The van der Waals surface area contributed by atoms with Crippen molar-refractivity contribution in [2.24, 2.45) is 0 Å². The topological polar surface area (TPSA) is 63.6 Å². The molecule has 0 aliphatic carbocycles. The second-order valence-corrected chi connectivity index (χ2v) is 5.99. The van der Waals surface area contributed by atoms with Crippen molar-refractivity contribution in [1.29, 1.82) is 0 Å². The van der Waals surface area contributed by atoms with Crippen LogP contribution < -0.4 is 4.74 Å². The van der Waals surface area contributed by atoms with Gasteiger partial charge in [-0.2, -0.15) is 8.42 Å². The van der Waals surface area contributed by atoms with Gasteiger partial charge in [0.1, 0.15) is 5.75 Å². The fraction of sp³-hybridized carbons (Fsp3) is 0.400. The summed E-state index contributed by atoms with van der Waals surface area (Å²) in [7, 11) is -3.97. The van der Waals surface area contributed by atoms with E-state index in [1.165, 1.54) is 0 Å². The molecule has 1 aromatic rings. The third-order valence-electron chi connectivity index (χ3n) is 2.00. The summed E-state index contributed by atoms with van der Waals surface area (Å²) in [5.74, 6) is 0.0359. The van der Waals surface area contributed by atoms with Gasteiger partial charge in [-0.05, 0) is 19.1 Å². The molecule has 0 aliphatic rings. The van der Waals surface area contributed by atoms with Gasteiger partial charge >= 0.3 is 29.6 Å². The Hall–Kier alpha value is 0.510. The van der Waals surface area contributed by atoms with Gasteiger partial charge < -0.3 is 4.74 Å². The van der Waals surface area contributed by atoms with Crippen molar-refractivity contribution < 1.29 is 17.7 Å². The van der Waals surface area contributed by atoms with Gasteiger partial charge in [-0.3, -0.25) is 4.55 Å². The molecular weight excluding hydrogens is 310 g/mol. The van der Waals surface area contributed by atoms with Crippen LogP contribution in [-0.2, 0) is 10.1 Å². The summed E-state index contributed by atoms with van der Waals surface area (Å²) >= 11 is 11.7. The van der Waals surface area contributed by atoms with Gasteiger partial charge in [-0.25, -0.2) is 0 Å². The number of rotatable bonds is 5. The normalized spacial score (nSPS) is 12.7. The standard InChI is InChI=1S/C10H12Cl2O4S.Na.H/c1-7(4-5-17(13,14)15)16-10-6-8(11)2-3-9(10)12;;/h2-3,6-7H,4-5H2,1H3,(H,13,14,15);;. The number of hydrogen-bond acceptors (Lipinski definition) is 3. The van der Waals surface area contributed by atoms with Crippen LogP contribution in [0.1, 0.15) is 13.3 Å². The van der Waals surface area contributed by atoms with Crippen molar-refractivity contribution in [2.45, 2.75) is 19.4 Å². The van der Waals surface area contributed by atoms with Crippen LogP contribution in [0.25, 0.3) is 0 Å². The molecule has 18 heavy (non-hydrogen) atoms. The van der Waals surface area contributed by atoms with E-state index in [0.29, 0.717) is 15.8 Å². The molecule has 0 heterocycles. The molecule has 0 spiro atoms. The van der Waals surface area contributed by atoms with Crippen molar-refractivity contribution >= 4 is 62.9 Å². The fourth-order valence-electron chi connectivity index (χ4n) is 1.16. The van der Waals surface area contributed by atoms with Crippen LogP contribution in [0.5, 0.6) is 5.75 Å². The third-order valence-corrected chi connectivity index (χ3v) is 3.30. The summed E-state index contributed by atoms with van der Waals surface area (Å²) < 4.78 is 35.2. The van der Waals surface area contributed by atoms with E-state index in [1.807, 2.05) is 0 Å². The Kier molecular flexibility index (Phi) is 8.17. The number of benzene rings is 1. The molecule has 0 aliphatic heterocycles. The molecule has 1 unspecified atom stereocenters. The van der Waals surface area contributed by atoms with E-state index in [4.69, 9.17) is 32.5 Å². The summed E-state index contributed by atoms with van der Waals surface area (Å²) in [6.07, 6.45) is -0.227. The molecule has 0 saturated carbocycles. The maximum atomic E-state index is 10.6. The van der Waals surface area contributed by atoms with E-state index < -0.39 is 16.2 Å². The third kappa shape index (κ3) is 7.19. The Morgan fingerprint density at radius 1 is 1.39 bits per heavy atom. The number of hydrogen-bond donors (Lipinski definition) is 1. The Balaban J connectivity index is 0.00000289. The minimum absolute atomic E-state index is 0. The zero-order chi connectivity index (χ0) is 13.1. The minimum atomic E-state index is -3.97. The molecule has 0 bridgehead atoms. The van der Waals surface area contributed by atoms with Crippen molar-refractivity contribution in [1.82, 2.24) is 0 Å². The van der Waals surface area contributed by atoms with Gasteiger partial charge in [0, 0.05) is 17.5 Å². The summed E-state index contributed by atoms with van der Waals surface area (Å²) in [5.41, 5.74) is 0. The van der Waals surface area contributed by atoms with Crippen LogP contribution in [0.15, 0.2) is 18.2 Å². The van der Waals surface area contributed by atoms with Crippen LogP contribution in [0.4, 0.5) is 0 Å². The van der Waals surface area contributed by atoms with Gasteiger partial charge in [-0.15, -0.1) is 0 Å². The molecule has 1 rings (SSSR count). The molecule has 0 aromatic heterocycles. The molecule has 0 fully saturated rings. The van der Waals surface area contributed by atoms with Crippen LogP contribution >= 0.6 is 23.2 Å². The van der Waals surface area contributed by atoms with E-state index in [0.717, 1.165) is 0 Å². The SMILES string of the molecule is CC(CCS(=O)(=O)O)Oc1cc(Cl)ccc1Cl.[NaH]. The van der Waals surface area contributed by atoms with E-state index in [1.54, 1.807) is 25.1 Å². The van der Waals surface area contributed by atoms with Gasteiger partial charge in [0.2, 0.25) is 0 Å². The first-order valence-corrected chi connectivity index (χ1v) is 7.21. The van der Waals surface area contributed by atoms with E-state index in [-0.39, 0.29) is 41.7 Å². The van der Waals surface area contributed by atoms with Crippen molar-refractivity contribution in [2.75, 3.05) is 5.75 Å². The van der Waals surface area contributed by atoms with Crippen LogP contribution in [0, 0.1) is 0 Å². The molecule has 0 amide bonds. The average Bonchev–Trinajstić information content (AvgIpc) is 2.20. The Bertz CT molecular complexity index is 493. The summed E-state index contributed by atoms with van der Waals surface area (Å²) in [5, 5.41) is 0.875. The summed E-state index contributed by atoms with van der Waals surface area (Å²) in [4.78, 5) is 0. The fourth-order valence-corrected chi connectivity index (χ4v) is 2.11. The van der Waals surface area contributed by atoms with Crippen LogP contribution in [0.3, 0.4) is 0 Å². The van der Waals surface area contributed by atoms with Crippen molar-refractivity contribution in [3.63, 3.8) is 0 Å². The number of halogens is 2. The zero-order valence-electron chi connectivity index (χ0n) is 9.06. The van der Waals surface area contributed by atoms with Gasteiger partial charge in [0.25, 0.3) is 10.1 Å². The molecule has 4 nitrogen and oxygen atoms in total. The first-order valence-electron chi connectivity index (χ1n) is 4.85. The second kappa shape index (κ2) is 7.94. The van der Waals surface area contributed by atoms with Gasteiger partial charge in [0.15, 0.2) is 0 Å². The maximum absolute atomic E-state index is 10.6. The van der Waals surface area contributed by atoms with E-state index in [9.17, 15) is 8.42 Å². The second-order valence-electron chi connectivity index (χ2n) is 3.58. The quantitative estimate of drug-likeness (QED) is 0.667. The molecule has 1 atom stereocenters. The van der Waals surface area contributed by atoms with E-state index in [2.05, 4.69) is 0 Å². The molecule has 1 aromatic carbocycles. The predicted molar refractivity (Wildman–Crippen MR) is 74.7 cm³/mol. The Labute approximate surface area is 139 Å².